The van der Waals surface area contributed by atoms with E-state index >= 15 is 0 Å². The molecule has 0 atom stereocenters. The van der Waals surface area contributed by atoms with E-state index in [1.54, 1.807) is 11.4 Å². The van der Waals surface area contributed by atoms with Gasteiger partial charge in [0.2, 0.25) is 0 Å². The van der Waals surface area contributed by atoms with E-state index < -0.39 is 5.60 Å². The fourth-order valence-corrected chi connectivity index (χ4v) is 1.66. The maximum atomic E-state index is 11.6. The molecule has 0 saturated heterocycles. The van der Waals surface area contributed by atoms with Gasteiger partial charge in [0.15, 0.2) is 4.88 Å². The Morgan fingerprint density at radius 2 is 2.07 bits per heavy atom. The van der Waals surface area contributed by atoms with Gasteiger partial charge in [-0.25, -0.2) is 4.79 Å². The lowest BCUT2D eigenvalue weighted by atomic mass is 10.2. The van der Waals surface area contributed by atoms with Crippen LogP contribution in [0.5, 0.6) is 5.75 Å². The molecule has 0 aliphatic carbocycles. The van der Waals surface area contributed by atoms with Crippen LogP contribution in [0.2, 0.25) is 0 Å². The number of carbonyl (C=O) groups is 1. The number of rotatable bonds is 2. The minimum Gasteiger partial charge on any atom is -0.495 e. The summed E-state index contributed by atoms with van der Waals surface area (Å²) in [6, 6.07) is 1.75. The molecule has 0 N–H and O–H groups in total. The van der Waals surface area contributed by atoms with Crippen molar-refractivity contribution in [2.45, 2.75) is 26.4 Å². The Morgan fingerprint density at radius 1 is 1.43 bits per heavy atom. The van der Waals surface area contributed by atoms with E-state index in [0.29, 0.717) is 10.6 Å². The molecule has 0 aromatic carbocycles. The average Bonchev–Trinajstić information content (AvgIpc) is 2.47. The van der Waals surface area contributed by atoms with Gasteiger partial charge in [-0.15, -0.1) is 11.3 Å². The van der Waals surface area contributed by atoms with Crippen LogP contribution in [0.3, 0.4) is 0 Å². The molecule has 0 amide bonds. The van der Waals surface area contributed by atoms with Gasteiger partial charge in [0.1, 0.15) is 11.4 Å². The van der Waals surface area contributed by atoms with E-state index in [-0.39, 0.29) is 5.97 Å². The zero-order valence-electron chi connectivity index (χ0n) is 8.79. The third-order valence-corrected chi connectivity index (χ3v) is 2.31. The van der Waals surface area contributed by atoms with E-state index in [2.05, 4.69) is 0 Å². The predicted molar refractivity (Wildman–Crippen MR) is 56.0 cm³/mol. The maximum absolute atomic E-state index is 11.6. The van der Waals surface area contributed by atoms with Gasteiger partial charge < -0.3 is 9.47 Å². The van der Waals surface area contributed by atoms with Crippen LogP contribution in [0, 0.1) is 0 Å². The molecule has 0 bridgehead atoms. The van der Waals surface area contributed by atoms with Crippen LogP contribution < -0.4 is 4.74 Å². The SMILES string of the molecule is COc1ccsc1C(=O)OC(C)(C)C. The highest BCUT2D eigenvalue weighted by Crippen LogP contribution is 2.26. The normalized spacial score (nSPS) is 11.1. The number of esters is 1. The number of carbonyl (C=O) groups excluding carboxylic acids is 1. The summed E-state index contributed by atoms with van der Waals surface area (Å²) in [4.78, 5) is 12.1. The second-order valence-corrected chi connectivity index (χ2v) is 4.74. The van der Waals surface area contributed by atoms with E-state index in [1.807, 2.05) is 20.8 Å². The van der Waals surface area contributed by atoms with Crippen LogP contribution in [0.1, 0.15) is 30.4 Å². The third-order valence-electron chi connectivity index (χ3n) is 1.43. The van der Waals surface area contributed by atoms with Crippen molar-refractivity contribution in [2.24, 2.45) is 0 Å². The van der Waals surface area contributed by atoms with Gasteiger partial charge in [-0.2, -0.15) is 0 Å². The Labute approximate surface area is 87.7 Å². The van der Waals surface area contributed by atoms with Crippen LogP contribution in [-0.2, 0) is 4.74 Å². The first-order chi connectivity index (χ1) is 6.44. The predicted octanol–water partition coefficient (Wildman–Crippen LogP) is 2.71. The molecular formula is C10H14O3S. The van der Waals surface area contributed by atoms with Gasteiger partial charge in [-0.05, 0) is 32.2 Å². The monoisotopic (exact) mass is 214 g/mol. The first-order valence-electron chi connectivity index (χ1n) is 4.29. The molecule has 0 unspecified atom stereocenters. The third kappa shape index (κ3) is 2.73. The zero-order valence-corrected chi connectivity index (χ0v) is 9.60. The Bertz CT molecular complexity index is 322. The molecule has 1 heterocycles. The molecule has 78 valence electrons. The molecule has 0 spiro atoms. The summed E-state index contributed by atoms with van der Waals surface area (Å²) >= 11 is 1.32. The molecule has 14 heavy (non-hydrogen) atoms. The standard InChI is InChI=1S/C10H14O3S/c1-10(2,3)13-9(11)8-7(12-4)5-6-14-8/h5-6H,1-4H3. The van der Waals surface area contributed by atoms with Crippen molar-refractivity contribution in [1.29, 1.82) is 0 Å². The Morgan fingerprint density at radius 3 is 2.57 bits per heavy atom. The molecule has 1 aromatic rings. The van der Waals surface area contributed by atoms with Crippen molar-refractivity contribution in [2.75, 3.05) is 7.11 Å². The quantitative estimate of drug-likeness (QED) is 0.710. The van der Waals surface area contributed by atoms with Crippen LogP contribution in [0.25, 0.3) is 0 Å². The molecule has 0 aliphatic rings. The molecule has 0 aliphatic heterocycles. The van der Waals surface area contributed by atoms with Gasteiger partial charge in [-0.3, -0.25) is 0 Å². The summed E-state index contributed by atoms with van der Waals surface area (Å²) in [5.41, 5.74) is -0.466. The molecule has 3 nitrogen and oxygen atoms in total. The topological polar surface area (TPSA) is 35.5 Å². The van der Waals surface area contributed by atoms with Gasteiger partial charge in [-0.1, -0.05) is 0 Å². The molecule has 4 heteroatoms. The van der Waals surface area contributed by atoms with Crippen molar-refractivity contribution in [3.63, 3.8) is 0 Å². The fraction of sp³-hybridized carbons (Fsp3) is 0.500. The molecule has 1 rings (SSSR count). The molecule has 1 aromatic heterocycles. The largest absolute Gasteiger partial charge is 0.495 e. The highest BCUT2D eigenvalue weighted by Gasteiger charge is 2.21. The molecule has 0 fully saturated rings. The lowest BCUT2D eigenvalue weighted by molar-refractivity contribution is 0.00726. The second-order valence-electron chi connectivity index (χ2n) is 3.82. The second kappa shape index (κ2) is 4.00. The molecule has 0 saturated carbocycles. The highest BCUT2D eigenvalue weighted by atomic mass is 32.1. The van der Waals surface area contributed by atoms with Crippen molar-refractivity contribution in [3.8, 4) is 5.75 Å². The van der Waals surface area contributed by atoms with Crippen molar-refractivity contribution in [1.82, 2.24) is 0 Å². The maximum Gasteiger partial charge on any atom is 0.352 e. The summed E-state index contributed by atoms with van der Waals surface area (Å²) in [6.07, 6.45) is 0. The highest BCUT2D eigenvalue weighted by molar-refractivity contribution is 7.12. The Kier molecular flexibility index (Phi) is 3.16. The van der Waals surface area contributed by atoms with Crippen LogP contribution in [-0.4, -0.2) is 18.7 Å². The summed E-state index contributed by atoms with van der Waals surface area (Å²) in [5.74, 6) is 0.244. The average molecular weight is 214 g/mol. The summed E-state index contributed by atoms with van der Waals surface area (Å²) in [5, 5.41) is 1.80. The fourth-order valence-electron chi connectivity index (χ4n) is 0.932. The van der Waals surface area contributed by atoms with Crippen molar-refractivity contribution in [3.05, 3.63) is 16.3 Å². The molecular weight excluding hydrogens is 200 g/mol. The van der Waals surface area contributed by atoms with Crippen LogP contribution in [0.4, 0.5) is 0 Å². The number of methoxy groups -OCH3 is 1. The Balaban J connectivity index is 2.80. The number of thiophene rings is 1. The first kappa shape index (κ1) is 11.0. The van der Waals surface area contributed by atoms with Gasteiger partial charge in [0.25, 0.3) is 0 Å². The van der Waals surface area contributed by atoms with Crippen LogP contribution >= 0.6 is 11.3 Å². The molecule has 0 radical (unpaired) electrons. The zero-order chi connectivity index (χ0) is 10.8. The number of hydrogen-bond acceptors (Lipinski definition) is 4. The number of hydrogen-bond donors (Lipinski definition) is 0. The van der Waals surface area contributed by atoms with Gasteiger partial charge in [0, 0.05) is 0 Å². The van der Waals surface area contributed by atoms with E-state index in [0.717, 1.165) is 0 Å². The minimum absolute atomic E-state index is 0.329. The summed E-state index contributed by atoms with van der Waals surface area (Å²) in [6.45, 7) is 5.51. The summed E-state index contributed by atoms with van der Waals surface area (Å²) < 4.78 is 10.2. The van der Waals surface area contributed by atoms with E-state index in [4.69, 9.17) is 9.47 Å². The van der Waals surface area contributed by atoms with E-state index in [9.17, 15) is 4.79 Å². The summed E-state index contributed by atoms with van der Waals surface area (Å²) in [7, 11) is 1.54. The van der Waals surface area contributed by atoms with Crippen LogP contribution in [0.15, 0.2) is 11.4 Å². The van der Waals surface area contributed by atoms with E-state index in [1.165, 1.54) is 18.4 Å². The van der Waals surface area contributed by atoms with Crippen molar-refractivity contribution >= 4 is 17.3 Å². The number of ether oxygens (including phenoxy) is 2. The first-order valence-corrected chi connectivity index (χ1v) is 5.17. The van der Waals surface area contributed by atoms with Gasteiger partial charge >= 0.3 is 5.97 Å². The smallest absolute Gasteiger partial charge is 0.352 e. The lowest BCUT2D eigenvalue weighted by Crippen LogP contribution is -2.23. The lowest BCUT2D eigenvalue weighted by Gasteiger charge is -2.19. The Hall–Kier alpha value is -1.03. The minimum atomic E-state index is -0.466. The van der Waals surface area contributed by atoms with Crippen molar-refractivity contribution < 1.29 is 14.3 Å². The van der Waals surface area contributed by atoms with Gasteiger partial charge in [0.05, 0.1) is 7.11 Å².